The van der Waals surface area contributed by atoms with Crippen molar-refractivity contribution in [3.05, 3.63) is 53.9 Å². The summed E-state index contributed by atoms with van der Waals surface area (Å²) in [5, 5.41) is 4.15. The van der Waals surface area contributed by atoms with Gasteiger partial charge in [0.2, 0.25) is 0 Å². The quantitative estimate of drug-likeness (QED) is 0.505. The molecule has 0 fully saturated rings. The summed E-state index contributed by atoms with van der Waals surface area (Å²) >= 11 is 0. The Hall–Kier alpha value is -2.64. The van der Waals surface area contributed by atoms with Gasteiger partial charge in [0.25, 0.3) is 0 Å². The molecule has 104 valence electrons. The Morgan fingerprint density at radius 1 is 0.950 bits per heavy atom. The van der Waals surface area contributed by atoms with E-state index in [9.17, 15) is 22.4 Å². The van der Waals surface area contributed by atoms with E-state index in [2.05, 4.69) is 10.3 Å². The van der Waals surface area contributed by atoms with Crippen LogP contribution in [0.3, 0.4) is 0 Å². The molecule has 2 amide bonds. The molecule has 0 saturated carbocycles. The predicted molar refractivity (Wildman–Crippen MR) is 63.2 cm³/mol. The number of nitrogens with zero attached hydrogens (tertiary/aromatic N) is 1. The minimum absolute atomic E-state index is 0.334. The van der Waals surface area contributed by atoms with Crippen molar-refractivity contribution in [2.75, 3.05) is 10.6 Å². The maximum absolute atomic E-state index is 13.3. The first-order valence-corrected chi connectivity index (χ1v) is 5.30. The summed E-state index contributed by atoms with van der Waals surface area (Å²) in [5.41, 5.74) is -0.478. The third-order valence-electron chi connectivity index (χ3n) is 2.29. The van der Waals surface area contributed by atoms with Crippen molar-refractivity contribution in [2.45, 2.75) is 0 Å². The summed E-state index contributed by atoms with van der Waals surface area (Å²) in [7, 11) is 0. The Morgan fingerprint density at radius 3 is 2.25 bits per heavy atom. The number of halogens is 4. The molecule has 0 bridgehead atoms. The summed E-state index contributed by atoms with van der Waals surface area (Å²) in [6, 6.07) is 2.30. The second-order valence-corrected chi connectivity index (χ2v) is 3.66. The van der Waals surface area contributed by atoms with E-state index >= 15 is 0 Å². The lowest BCUT2D eigenvalue weighted by Crippen LogP contribution is -2.20. The third kappa shape index (κ3) is 2.85. The van der Waals surface area contributed by atoms with Crippen LogP contribution in [-0.4, -0.2) is 11.0 Å². The van der Waals surface area contributed by atoms with Gasteiger partial charge in [0.1, 0.15) is 0 Å². The molecule has 0 aliphatic carbocycles. The molecule has 2 rings (SSSR count). The van der Waals surface area contributed by atoms with Crippen molar-refractivity contribution in [2.24, 2.45) is 0 Å². The second-order valence-electron chi connectivity index (χ2n) is 3.66. The molecule has 1 heterocycles. The van der Waals surface area contributed by atoms with Gasteiger partial charge in [-0.1, -0.05) is 0 Å². The number of aromatic nitrogens is 1. The van der Waals surface area contributed by atoms with E-state index in [4.69, 9.17) is 0 Å². The first kappa shape index (κ1) is 13.8. The van der Waals surface area contributed by atoms with Gasteiger partial charge in [-0.2, -0.15) is 0 Å². The zero-order valence-electron chi connectivity index (χ0n) is 9.75. The molecule has 4 nitrogen and oxygen atoms in total. The molecule has 0 saturated heterocycles. The number of urea groups is 1. The van der Waals surface area contributed by atoms with Gasteiger partial charge < -0.3 is 10.6 Å². The Labute approximate surface area is 110 Å². The average Bonchev–Trinajstić information content (AvgIpc) is 2.43. The van der Waals surface area contributed by atoms with Crippen LogP contribution >= 0.6 is 0 Å². The summed E-state index contributed by atoms with van der Waals surface area (Å²) in [4.78, 5) is 15.2. The highest BCUT2D eigenvalue weighted by atomic mass is 19.2. The number of hydrogen-bond acceptors (Lipinski definition) is 2. The SMILES string of the molecule is O=C(Nc1ccncc1)Nc1cc(F)c(F)c(F)c1F. The zero-order valence-corrected chi connectivity index (χ0v) is 9.75. The Kier molecular flexibility index (Phi) is 3.83. The van der Waals surface area contributed by atoms with Crippen molar-refractivity contribution in [1.82, 2.24) is 4.98 Å². The molecule has 0 unspecified atom stereocenters. The number of anilines is 2. The van der Waals surface area contributed by atoms with Crippen molar-refractivity contribution in [1.29, 1.82) is 0 Å². The lowest BCUT2D eigenvalue weighted by molar-refractivity contribution is 0.262. The first-order valence-electron chi connectivity index (χ1n) is 5.30. The van der Waals surface area contributed by atoms with Crippen molar-refractivity contribution < 1.29 is 22.4 Å². The number of pyridine rings is 1. The molecular formula is C12H7F4N3O. The number of amides is 2. The van der Waals surface area contributed by atoms with Crippen LogP contribution in [0.2, 0.25) is 0 Å². The fraction of sp³-hybridized carbons (Fsp3) is 0. The number of hydrogen-bond donors (Lipinski definition) is 2. The highest BCUT2D eigenvalue weighted by Crippen LogP contribution is 2.22. The Morgan fingerprint density at radius 2 is 1.60 bits per heavy atom. The summed E-state index contributed by atoms with van der Waals surface area (Å²) in [5.74, 6) is -7.23. The average molecular weight is 285 g/mol. The van der Waals surface area contributed by atoms with E-state index in [1.807, 2.05) is 5.32 Å². The van der Waals surface area contributed by atoms with Gasteiger partial charge in [0, 0.05) is 24.1 Å². The van der Waals surface area contributed by atoms with Crippen LogP contribution < -0.4 is 10.6 Å². The Bertz CT molecular complexity index is 649. The normalized spacial score (nSPS) is 10.2. The van der Waals surface area contributed by atoms with E-state index in [1.165, 1.54) is 24.5 Å². The highest BCUT2D eigenvalue weighted by molar-refractivity contribution is 5.99. The number of carbonyl (C=O) groups excluding carboxylic acids is 1. The minimum atomic E-state index is -2.00. The van der Waals surface area contributed by atoms with Crippen LogP contribution in [0.1, 0.15) is 0 Å². The van der Waals surface area contributed by atoms with Crippen LogP contribution in [0.4, 0.5) is 33.7 Å². The van der Waals surface area contributed by atoms with Gasteiger partial charge in [-0.05, 0) is 12.1 Å². The maximum atomic E-state index is 13.3. The van der Waals surface area contributed by atoms with E-state index in [1.54, 1.807) is 0 Å². The first-order chi connectivity index (χ1) is 9.49. The monoisotopic (exact) mass is 285 g/mol. The molecule has 8 heteroatoms. The zero-order chi connectivity index (χ0) is 14.7. The molecule has 20 heavy (non-hydrogen) atoms. The Balaban J connectivity index is 2.16. The second kappa shape index (κ2) is 5.55. The molecule has 1 aromatic carbocycles. The van der Waals surface area contributed by atoms with Gasteiger partial charge in [-0.3, -0.25) is 4.98 Å². The molecule has 2 N–H and O–H groups in total. The van der Waals surface area contributed by atoms with Crippen LogP contribution in [0, 0.1) is 23.3 Å². The van der Waals surface area contributed by atoms with Crippen molar-refractivity contribution >= 4 is 17.4 Å². The largest absolute Gasteiger partial charge is 0.323 e. The van der Waals surface area contributed by atoms with Gasteiger partial charge in [-0.15, -0.1) is 0 Å². The molecule has 0 spiro atoms. The molecule has 1 aromatic heterocycles. The maximum Gasteiger partial charge on any atom is 0.323 e. The smallest absolute Gasteiger partial charge is 0.308 e. The number of nitrogens with one attached hydrogen (secondary N) is 2. The summed E-state index contributed by atoms with van der Waals surface area (Å²) in [6.07, 6.45) is 2.79. The van der Waals surface area contributed by atoms with Crippen molar-refractivity contribution in [3.8, 4) is 0 Å². The fourth-order valence-corrected chi connectivity index (χ4v) is 1.38. The number of rotatable bonds is 2. The van der Waals surface area contributed by atoms with Crippen molar-refractivity contribution in [3.63, 3.8) is 0 Å². The van der Waals surface area contributed by atoms with E-state index < -0.39 is 35.0 Å². The summed E-state index contributed by atoms with van der Waals surface area (Å²) < 4.78 is 51.9. The van der Waals surface area contributed by atoms with Gasteiger partial charge in [-0.25, -0.2) is 22.4 Å². The van der Waals surface area contributed by atoms with Crippen LogP contribution in [0.15, 0.2) is 30.6 Å². The molecular weight excluding hydrogens is 278 g/mol. The van der Waals surface area contributed by atoms with Crippen LogP contribution in [0.25, 0.3) is 0 Å². The highest BCUT2D eigenvalue weighted by Gasteiger charge is 2.20. The minimum Gasteiger partial charge on any atom is -0.308 e. The topological polar surface area (TPSA) is 54.0 Å². The van der Waals surface area contributed by atoms with Gasteiger partial charge >= 0.3 is 6.03 Å². The standard InChI is InChI=1S/C12H7F4N3O/c13-7-5-8(10(15)11(16)9(7)14)19-12(20)18-6-1-3-17-4-2-6/h1-5H,(H2,17,18,19,20). The molecule has 0 radical (unpaired) electrons. The van der Waals surface area contributed by atoms with E-state index in [-0.39, 0.29) is 0 Å². The molecule has 0 aliphatic heterocycles. The molecule has 2 aromatic rings. The van der Waals surface area contributed by atoms with Crippen LogP contribution in [0.5, 0.6) is 0 Å². The van der Waals surface area contributed by atoms with Gasteiger partial charge in [0.05, 0.1) is 5.69 Å². The van der Waals surface area contributed by atoms with E-state index in [0.29, 0.717) is 11.8 Å². The van der Waals surface area contributed by atoms with Gasteiger partial charge in [0.15, 0.2) is 23.3 Å². The molecule has 0 atom stereocenters. The molecule has 0 aliphatic rings. The number of carbonyl (C=O) groups is 1. The summed E-state index contributed by atoms with van der Waals surface area (Å²) in [6.45, 7) is 0. The van der Waals surface area contributed by atoms with Crippen LogP contribution in [-0.2, 0) is 0 Å². The fourth-order valence-electron chi connectivity index (χ4n) is 1.38. The van der Waals surface area contributed by atoms with E-state index in [0.717, 1.165) is 0 Å². The number of benzene rings is 1. The lowest BCUT2D eigenvalue weighted by atomic mass is 10.2. The predicted octanol–water partition coefficient (Wildman–Crippen LogP) is 3.28. The lowest BCUT2D eigenvalue weighted by Gasteiger charge is -2.09. The third-order valence-corrected chi connectivity index (χ3v) is 2.29.